The van der Waals surface area contributed by atoms with E-state index in [0.29, 0.717) is 5.92 Å². The van der Waals surface area contributed by atoms with Gasteiger partial charge in [0.2, 0.25) is 0 Å². The maximum atomic E-state index is 13.1. The summed E-state index contributed by atoms with van der Waals surface area (Å²) in [6.45, 7) is 3.02. The Hall–Kier alpha value is -0.630. The molecule has 13 heavy (non-hydrogen) atoms. The zero-order valence-corrected chi connectivity index (χ0v) is 8.44. The Labute approximate surface area is 79.7 Å². The standard InChI is InChI=1S/C11H18FN/c1-3-10-8-9(6-7-13-2)4-5-11(10)12/h4-5,9,13H,3,6-8H2,1-2H3. The molecule has 1 aliphatic carbocycles. The normalized spacial score (nSPS) is 22.5. The van der Waals surface area contributed by atoms with Crippen molar-refractivity contribution in [2.75, 3.05) is 13.6 Å². The lowest BCUT2D eigenvalue weighted by Gasteiger charge is -2.18. The van der Waals surface area contributed by atoms with Crippen LogP contribution in [0.15, 0.2) is 23.6 Å². The van der Waals surface area contributed by atoms with Crippen LogP contribution in [-0.2, 0) is 0 Å². The van der Waals surface area contributed by atoms with Crippen LogP contribution in [0.2, 0.25) is 0 Å². The first-order chi connectivity index (χ1) is 6.27. The van der Waals surface area contributed by atoms with Gasteiger partial charge in [0.25, 0.3) is 0 Å². The summed E-state index contributed by atoms with van der Waals surface area (Å²) in [5, 5.41) is 3.12. The summed E-state index contributed by atoms with van der Waals surface area (Å²) < 4.78 is 13.1. The molecule has 1 rings (SSSR count). The minimum absolute atomic E-state index is 0.0109. The Bertz CT molecular complexity index is 218. The van der Waals surface area contributed by atoms with E-state index in [9.17, 15) is 4.39 Å². The summed E-state index contributed by atoms with van der Waals surface area (Å²) >= 11 is 0. The smallest absolute Gasteiger partial charge is 0.122 e. The van der Waals surface area contributed by atoms with E-state index >= 15 is 0 Å². The zero-order chi connectivity index (χ0) is 9.68. The third kappa shape index (κ3) is 2.96. The molecule has 0 radical (unpaired) electrons. The molecule has 1 nitrogen and oxygen atoms in total. The van der Waals surface area contributed by atoms with Crippen LogP contribution in [0.4, 0.5) is 4.39 Å². The summed E-state index contributed by atoms with van der Waals surface area (Å²) in [4.78, 5) is 0. The van der Waals surface area contributed by atoms with E-state index in [0.717, 1.165) is 31.4 Å². The minimum atomic E-state index is -0.0109. The van der Waals surface area contributed by atoms with Gasteiger partial charge in [-0.1, -0.05) is 13.0 Å². The van der Waals surface area contributed by atoms with Crippen molar-refractivity contribution >= 4 is 0 Å². The highest BCUT2D eigenvalue weighted by Gasteiger charge is 2.14. The van der Waals surface area contributed by atoms with Crippen LogP contribution in [0.1, 0.15) is 26.2 Å². The van der Waals surface area contributed by atoms with Gasteiger partial charge in [0.05, 0.1) is 0 Å². The Balaban J connectivity index is 2.46. The number of hydrogen-bond acceptors (Lipinski definition) is 1. The Morgan fingerprint density at radius 3 is 3.00 bits per heavy atom. The fourth-order valence-electron chi connectivity index (χ4n) is 1.66. The molecule has 1 unspecified atom stereocenters. The molecule has 2 heteroatoms. The molecule has 1 aliphatic rings. The van der Waals surface area contributed by atoms with Crippen molar-refractivity contribution in [3.8, 4) is 0 Å². The SMILES string of the molecule is CCC1=C(F)C=CC(CCNC)C1. The molecule has 0 fully saturated rings. The van der Waals surface area contributed by atoms with Crippen LogP contribution >= 0.6 is 0 Å². The Kier molecular flexibility index (Phi) is 4.16. The van der Waals surface area contributed by atoms with Gasteiger partial charge >= 0.3 is 0 Å². The highest BCUT2D eigenvalue weighted by atomic mass is 19.1. The molecule has 0 saturated carbocycles. The summed E-state index contributed by atoms with van der Waals surface area (Å²) in [7, 11) is 1.95. The van der Waals surface area contributed by atoms with Gasteiger partial charge in [-0.2, -0.15) is 0 Å². The molecule has 0 saturated heterocycles. The first kappa shape index (κ1) is 10.5. The molecule has 1 atom stereocenters. The third-order valence-electron chi connectivity index (χ3n) is 2.55. The van der Waals surface area contributed by atoms with Crippen molar-refractivity contribution in [2.45, 2.75) is 26.2 Å². The molecule has 0 spiro atoms. The predicted octanol–water partition coefficient (Wildman–Crippen LogP) is 2.81. The van der Waals surface area contributed by atoms with Gasteiger partial charge in [0, 0.05) is 0 Å². The maximum absolute atomic E-state index is 13.1. The third-order valence-corrected chi connectivity index (χ3v) is 2.55. The van der Waals surface area contributed by atoms with Gasteiger partial charge in [-0.15, -0.1) is 0 Å². The second-order valence-electron chi connectivity index (χ2n) is 3.52. The molecule has 0 aliphatic heterocycles. The quantitative estimate of drug-likeness (QED) is 0.706. The van der Waals surface area contributed by atoms with Gasteiger partial charge in [-0.3, -0.25) is 0 Å². The molecule has 0 amide bonds. The number of rotatable bonds is 4. The summed E-state index contributed by atoms with van der Waals surface area (Å²) in [6, 6.07) is 0. The van der Waals surface area contributed by atoms with E-state index < -0.39 is 0 Å². The average molecular weight is 183 g/mol. The largest absolute Gasteiger partial charge is 0.320 e. The molecule has 0 heterocycles. The number of hydrogen-bond donors (Lipinski definition) is 1. The van der Waals surface area contributed by atoms with Gasteiger partial charge in [0.15, 0.2) is 0 Å². The fraction of sp³-hybridized carbons (Fsp3) is 0.636. The molecule has 0 aromatic rings. The van der Waals surface area contributed by atoms with Gasteiger partial charge < -0.3 is 5.32 Å². The first-order valence-electron chi connectivity index (χ1n) is 4.98. The van der Waals surface area contributed by atoms with Gasteiger partial charge in [-0.05, 0) is 50.4 Å². The summed E-state index contributed by atoms with van der Waals surface area (Å²) in [5.74, 6) is 0.519. The summed E-state index contributed by atoms with van der Waals surface area (Å²) in [6.07, 6.45) is 6.46. The van der Waals surface area contributed by atoms with Crippen LogP contribution < -0.4 is 5.32 Å². The number of halogens is 1. The molecule has 0 aromatic heterocycles. The molecule has 74 valence electrons. The molecule has 1 N–H and O–H groups in total. The van der Waals surface area contributed by atoms with E-state index in [1.54, 1.807) is 6.08 Å². The van der Waals surface area contributed by atoms with Crippen molar-refractivity contribution < 1.29 is 4.39 Å². The predicted molar refractivity (Wildman–Crippen MR) is 54.2 cm³/mol. The highest BCUT2D eigenvalue weighted by Crippen LogP contribution is 2.28. The van der Waals surface area contributed by atoms with E-state index in [2.05, 4.69) is 5.32 Å². The van der Waals surface area contributed by atoms with Crippen LogP contribution in [0.25, 0.3) is 0 Å². The summed E-state index contributed by atoms with van der Waals surface area (Å²) in [5.41, 5.74) is 0.976. The average Bonchev–Trinajstić information content (AvgIpc) is 2.16. The van der Waals surface area contributed by atoms with E-state index in [4.69, 9.17) is 0 Å². The van der Waals surface area contributed by atoms with E-state index in [-0.39, 0.29) is 5.83 Å². The Morgan fingerprint density at radius 1 is 1.62 bits per heavy atom. The molecule has 0 aromatic carbocycles. The lowest BCUT2D eigenvalue weighted by molar-refractivity contribution is 0.523. The monoisotopic (exact) mass is 183 g/mol. The van der Waals surface area contributed by atoms with Gasteiger partial charge in [0.1, 0.15) is 5.83 Å². The minimum Gasteiger partial charge on any atom is -0.320 e. The highest BCUT2D eigenvalue weighted by molar-refractivity contribution is 5.25. The topological polar surface area (TPSA) is 12.0 Å². The maximum Gasteiger partial charge on any atom is 0.122 e. The fourth-order valence-corrected chi connectivity index (χ4v) is 1.66. The number of allylic oxidation sites excluding steroid dienone is 4. The molecular formula is C11H18FN. The van der Waals surface area contributed by atoms with Crippen LogP contribution in [-0.4, -0.2) is 13.6 Å². The lowest BCUT2D eigenvalue weighted by atomic mass is 9.90. The second-order valence-corrected chi connectivity index (χ2v) is 3.52. The first-order valence-corrected chi connectivity index (χ1v) is 4.98. The van der Waals surface area contributed by atoms with Crippen LogP contribution in [0.3, 0.4) is 0 Å². The lowest BCUT2D eigenvalue weighted by Crippen LogP contribution is -2.14. The molecular weight excluding hydrogens is 165 g/mol. The zero-order valence-electron chi connectivity index (χ0n) is 8.44. The number of nitrogens with one attached hydrogen (secondary N) is 1. The van der Waals surface area contributed by atoms with Crippen molar-refractivity contribution in [1.29, 1.82) is 0 Å². The van der Waals surface area contributed by atoms with Crippen molar-refractivity contribution in [3.05, 3.63) is 23.6 Å². The van der Waals surface area contributed by atoms with Crippen LogP contribution in [0, 0.1) is 5.92 Å². The second kappa shape index (κ2) is 5.18. The van der Waals surface area contributed by atoms with Crippen molar-refractivity contribution in [3.63, 3.8) is 0 Å². The van der Waals surface area contributed by atoms with Crippen molar-refractivity contribution in [1.82, 2.24) is 5.32 Å². The van der Waals surface area contributed by atoms with Gasteiger partial charge in [-0.25, -0.2) is 4.39 Å². The Morgan fingerprint density at radius 2 is 2.38 bits per heavy atom. The van der Waals surface area contributed by atoms with Crippen LogP contribution in [0.5, 0.6) is 0 Å². The molecule has 0 bridgehead atoms. The van der Waals surface area contributed by atoms with E-state index in [1.165, 1.54) is 0 Å². The van der Waals surface area contributed by atoms with E-state index in [1.807, 2.05) is 20.0 Å². The van der Waals surface area contributed by atoms with Crippen molar-refractivity contribution in [2.24, 2.45) is 5.92 Å².